The van der Waals surface area contributed by atoms with Crippen molar-refractivity contribution in [3.63, 3.8) is 0 Å². The largest absolute Gasteiger partial charge is 0.351 e. The van der Waals surface area contributed by atoms with Crippen LogP contribution in [0.15, 0.2) is 23.6 Å². The lowest BCUT2D eigenvalue weighted by Crippen LogP contribution is -2.49. The van der Waals surface area contributed by atoms with Crippen molar-refractivity contribution in [2.75, 3.05) is 14.2 Å². The summed E-state index contributed by atoms with van der Waals surface area (Å²) in [4.78, 5) is 18.3. The molecule has 2 amide bonds. The highest BCUT2D eigenvalue weighted by Crippen LogP contribution is 2.14. The lowest BCUT2D eigenvalue weighted by atomic mass is 10.7. The van der Waals surface area contributed by atoms with Crippen molar-refractivity contribution in [1.29, 1.82) is 0 Å². The van der Waals surface area contributed by atoms with E-state index < -0.39 is 27.6 Å². The van der Waals surface area contributed by atoms with Gasteiger partial charge in [0.2, 0.25) is 0 Å². The number of carbonyl (C=O) groups is 1. The predicted octanol–water partition coefficient (Wildman–Crippen LogP) is -0.878. The molecule has 1 heterocycles. The van der Waals surface area contributed by atoms with E-state index >= 15 is 0 Å². The second kappa shape index (κ2) is 5.71. The van der Waals surface area contributed by atoms with Crippen LogP contribution in [0.1, 0.15) is 0 Å². The summed E-state index contributed by atoms with van der Waals surface area (Å²) in [6, 6.07) is 0.161. The monoisotopic (exact) mass is 276 g/mol. The number of primary amides is 1. The Hall–Kier alpha value is -1.78. The average molecular weight is 276 g/mol. The van der Waals surface area contributed by atoms with E-state index in [1.807, 2.05) is 0 Å². The number of methoxy groups -OCH3 is 2. The molecule has 0 unspecified atom stereocenters. The van der Waals surface area contributed by atoms with Crippen LogP contribution in [0, 0.1) is 0 Å². The number of sulfonamides is 1. The van der Waals surface area contributed by atoms with Crippen molar-refractivity contribution in [3.05, 3.63) is 18.5 Å². The summed E-state index contributed by atoms with van der Waals surface area (Å²) < 4.78 is 33.8. The van der Waals surface area contributed by atoms with Gasteiger partial charge in [0.05, 0.1) is 0 Å². The Bertz CT molecular complexity index is 501. The molecule has 0 saturated heterocycles. The fourth-order valence-electron chi connectivity index (χ4n) is 1.13. The van der Waals surface area contributed by atoms with E-state index in [1.165, 1.54) is 18.5 Å². The van der Waals surface area contributed by atoms with Crippen molar-refractivity contribution < 1.29 is 22.7 Å². The smallest absolute Gasteiger partial charge is 0.333 e. The van der Waals surface area contributed by atoms with Crippen molar-refractivity contribution >= 4 is 16.1 Å². The van der Waals surface area contributed by atoms with Gasteiger partial charge in [0.25, 0.3) is 11.6 Å². The van der Waals surface area contributed by atoms with Crippen molar-refractivity contribution in [2.24, 2.45) is 5.73 Å². The van der Waals surface area contributed by atoms with E-state index in [4.69, 9.17) is 15.2 Å². The van der Waals surface area contributed by atoms with Gasteiger partial charge >= 0.3 is 16.1 Å². The first kappa shape index (κ1) is 14.3. The number of hydrogen-bond donors (Lipinski definition) is 1. The summed E-state index contributed by atoms with van der Waals surface area (Å²) in [6.45, 7) is 0. The topological polar surface area (TPSA) is 125 Å². The molecule has 10 heteroatoms. The van der Waals surface area contributed by atoms with Gasteiger partial charge in [0, 0.05) is 26.6 Å². The van der Waals surface area contributed by atoms with Crippen molar-refractivity contribution in [1.82, 2.24) is 14.3 Å². The molecule has 18 heavy (non-hydrogen) atoms. The minimum Gasteiger partial charge on any atom is -0.351 e. The zero-order valence-corrected chi connectivity index (χ0v) is 10.5. The molecule has 100 valence electrons. The molecule has 0 fully saturated rings. The Morgan fingerprint density at radius 2 is 1.83 bits per heavy atom. The van der Waals surface area contributed by atoms with E-state index in [-0.39, 0.29) is 4.31 Å². The third-order valence-corrected chi connectivity index (χ3v) is 3.39. The van der Waals surface area contributed by atoms with E-state index in [9.17, 15) is 13.2 Å². The van der Waals surface area contributed by atoms with Crippen LogP contribution in [0.5, 0.6) is 0 Å². The predicted molar refractivity (Wildman–Crippen MR) is 58.4 cm³/mol. The van der Waals surface area contributed by atoms with Gasteiger partial charge in [-0.05, 0) is 6.07 Å². The van der Waals surface area contributed by atoms with Crippen LogP contribution in [-0.4, -0.2) is 49.4 Å². The quantitative estimate of drug-likeness (QED) is 0.547. The van der Waals surface area contributed by atoms with Crippen molar-refractivity contribution in [3.8, 4) is 0 Å². The van der Waals surface area contributed by atoms with Gasteiger partial charge in [-0.2, -0.15) is 12.7 Å². The second-order valence-electron chi connectivity index (χ2n) is 2.95. The minimum absolute atomic E-state index is 0.211. The Morgan fingerprint density at radius 1 is 1.33 bits per heavy atom. The van der Waals surface area contributed by atoms with Crippen LogP contribution >= 0.6 is 0 Å². The molecule has 0 spiro atoms. The Morgan fingerprint density at radius 3 is 2.22 bits per heavy atom. The van der Waals surface area contributed by atoms with Gasteiger partial charge in [0.1, 0.15) is 0 Å². The first-order chi connectivity index (χ1) is 8.45. The molecule has 1 rings (SSSR count). The number of ether oxygens (including phenoxy) is 2. The van der Waals surface area contributed by atoms with Gasteiger partial charge in [-0.3, -0.25) is 0 Å². The molecule has 0 aliphatic carbocycles. The number of nitrogens with zero attached hydrogens (tertiary/aromatic N) is 3. The lowest BCUT2D eigenvalue weighted by Gasteiger charge is -2.25. The first-order valence-electron chi connectivity index (χ1n) is 4.61. The van der Waals surface area contributed by atoms with E-state index in [1.54, 1.807) is 0 Å². The molecule has 9 nitrogen and oxygen atoms in total. The molecule has 1 aromatic heterocycles. The zero-order chi connectivity index (χ0) is 13.8. The molecule has 0 atom stereocenters. The van der Waals surface area contributed by atoms with E-state index in [2.05, 4.69) is 9.97 Å². The van der Waals surface area contributed by atoms with E-state index in [0.29, 0.717) is 0 Å². The summed E-state index contributed by atoms with van der Waals surface area (Å²) >= 11 is 0. The maximum atomic E-state index is 12.1. The Kier molecular flexibility index (Phi) is 4.53. The molecule has 0 aliphatic heterocycles. The van der Waals surface area contributed by atoms with Crippen LogP contribution in [0.2, 0.25) is 0 Å². The highest BCUT2D eigenvalue weighted by atomic mass is 32.2. The molecule has 0 radical (unpaired) electrons. The molecular formula is C8H12N4O5S. The number of hydrogen-bond acceptors (Lipinski definition) is 7. The molecule has 0 bridgehead atoms. The summed E-state index contributed by atoms with van der Waals surface area (Å²) in [5.41, 5.74) is 5.00. The second-order valence-corrected chi connectivity index (χ2v) is 4.66. The third kappa shape index (κ3) is 2.72. The van der Waals surface area contributed by atoms with Crippen LogP contribution in [0.4, 0.5) is 4.79 Å². The Labute approximate surface area is 104 Å². The maximum Gasteiger partial charge on any atom is 0.333 e. The number of nitrogens with two attached hydrogens (primary N) is 1. The van der Waals surface area contributed by atoms with Gasteiger partial charge in [-0.25, -0.2) is 14.8 Å². The normalized spacial score (nSPS) is 11.5. The maximum absolute atomic E-state index is 12.1. The number of amides is 2. The van der Waals surface area contributed by atoms with Gasteiger partial charge < -0.3 is 15.2 Å². The van der Waals surface area contributed by atoms with Crippen LogP contribution < -0.4 is 5.73 Å². The summed E-state index contributed by atoms with van der Waals surface area (Å²) in [5.74, 6) is 0. The lowest BCUT2D eigenvalue weighted by molar-refractivity contribution is -0.150. The van der Waals surface area contributed by atoms with Crippen molar-refractivity contribution in [2.45, 2.75) is 11.6 Å². The highest BCUT2D eigenvalue weighted by Gasteiger charge is 2.37. The number of rotatable bonds is 5. The van der Waals surface area contributed by atoms with E-state index in [0.717, 1.165) is 14.2 Å². The molecular weight excluding hydrogens is 264 g/mol. The van der Waals surface area contributed by atoms with Gasteiger partial charge in [0.15, 0.2) is 0 Å². The highest BCUT2D eigenvalue weighted by molar-refractivity contribution is 7.89. The fourth-order valence-corrected chi connectivity index (χ4v) is 2.33. The minimum atomic E-state index is -4.34. The number of aromatic nitrogens is 2. The molecule has 0 aromatic carbocycles. The van der Waals surface area contributed by atoms with Crippen LogP contribution in [0.25, 0.3) is 0 Å². The summed E-state index contributed by atoms with van der Waals surface area (Å²) in [5, 5.41) is -0.581. The Balaban J connectivity index is 3.26. The molecule has 0 saturated carbocycles. The fraction of sp³-hybridized carbons (Fsp3) is 0.375. The summed E-state index contributed by atoms with van der Waals surface area (Å²) in [6.07, 6.45) is 0.942. The SMILES string of the molecule is COC(OC)N(C(N)=O)S(=O)(=O)c1ncccn1. The zero-order valence-electron chi connectivity index (χ0n) is 9.68. The van der Waals surface area contributed by atoms with Gasteiger partial charge in [-0.15, -0.1) is 0 Å². The number of carbonyl (C=O) groups excluding carboxylic acids is 1. The summed E-state index contributed by atoms with van der Waals surface area (Å²) in [7, 11) is -2.02. The molecule has 2 N–H and O–H groups in total. The van der Waals surface area contributed by atoms with Crippen LogP contribution in [0.3, 0.4) is 0 Å². The van der Waals surface area contributed by atoms with Crippen LogP contribution in [-0.2, 0) is 19.5 Å². The van der Waals surface area contributed by atoms with Gasteiger partial charge in [-0.1, -0.05) is 0 Å². The first-order valence-corrected chi connectivity index (χ1v) is 6.05. The molecule has 1 aromatic rings. The number of urea groups is 1. The molecule has 0 aliphatic rings. The average Bonchev–Trinajstić information content (AvgIpc) is 2.36. The third-order valence-electron chi connectivity index (χ3n) is 1.84. The standard InChI is InChI=1S/C8H12N4O5S/c1-16-8(17-2)12(6(9)13)18(14,15)7-10-4-3-5-11-7/h3-5,8H,1-2H3,(H2,9,13).